The van der Waals surface area contributed by atoms with Gasteiger partial charge >= 0.3 is 0 Å². The highest BCUT2D eigenvalue weighted by molar-refractivity contribution is 5.88. The number of ether oxygens (including phenoxy) is 2. The fraction of sp³-hybridized carbons (Fsp3) is 0. The number of hydrogen-bond acceptors (Lipinski definition) is 7. The smallest absolute Gasteiger partial charge is 0.187 e. The van der Waals surface area contributed by atoms with E-state index in [-0.39, 0.29) is 0 Å². The lowest BCUT2D eigenvalue weighted by Gasteiger charge is -2.32. The molecule has 0 saturated carbocycles. The molecule has 0 fully saturated rings. The average Bonchev–Trinajstić information content (AvgIpc) is 3.24. The van der Waals surface area contributed by atoms with Gasteiger partial charge in [-0.1, -0.05) is 72.8 Å². The summed E-state index contributed by atoms with van der Waals surface area (Å²) in [4.78, 5) is 22.9. The highest BCUT2D eigenvalue weighted by Gasteiger charge is 2.27. The second-order valence-corrected chi connectivity index (χ2v) is 12.8. The lowest BCUT2D eigenvalue weighted by Crippen LogP contribution is -2.15. The molecule has 8 heteroatoms. The van der Waals surface area contributed by atoms with Crippen molar-refractivity contribution in [1.29, 1.82) is 0 Å². The Balaban J connectivity index is 1.04. The molecular formula is C46H28N6O2. The Hall–Kier alpha value is -7.76. The highest BCUT2D eigenvalue weighted by Crippen LogP contribution is 2.51. The number of aromatic nitrogens is 3. The van der Waals surface area contributed by atoms with Gasteiger partial charge in [-0.3, -0.25) is 0 Å². The van der Waals surface area contributed by atoms with Crippen LogP contribution in [0.4, 0.5) is 39.8 Å². The number of hydrogen-bond donors (Lipinski definition) is 0. The Morgan fingerprint density at radius 2 is 0.667 bits per heavy atom. The van der Waals surface area contributed by atoms with E-state index in [4.69, 9.17) is 31.0 Å². The number of fused-ring (bicyclic) bond motifs is 4. The molecule has 8 aromatic rings. The van der Waals surface area contributed by atoms with E-state index in [1.54, 1.807) is 12.1 Å². The van der Waals surface area contributed by atoms with Crippen LogP contribution < -0.4 is 19.3 Å². The van der Waals surface area contributed by atoms with E-state index >= 15 is 0 Å². The number of para-hydroxylation sites is 8. The van der Waals surface area contributed by atoms with Gasteiger partial charge in [-0.2, -0.15) is 0 Å². The van der Waals surface area contributed by atoms with Crippen molar-refractivity contribution >= 4 is 39.8 Å². The Kier molecular flexibility index (Phi) is 7.34. The van der Waals surface area contributed by atoms with Gasteiger partial charge in [-0.15, -0.1) is 0 Å². The molecular weight excluding hydrogens is 669 g/mol. The molecule has 0 unspecified atom stereocenters. The zero-order valence-electron chi connectivity index (χ0n) is 28.7. The monoisotopic (exact) mass is 696 g/mol. The summed E-state index contributed by atoms with van der Waals surface area (Å²) in [6.07, 6.45) is 0. The lowest BCUT2D eigenvalue weighted by molar-refractivity contribution is 0.477. The molecule has 0 bridgehead atoms. The molecule has 1 aromatic heterocycles. The van der Waals surface area contributed by atoms with Crippen LogP contribution in [0.25, 0.3) is 39.0 Å². The molecule has 2 aliphatic heterocycles. The van der Waals surface area contributed by atoms with E-state index < -0.39 is 0 Å². The first-order valence-electron chi connectivity index (χ1n) is 17.5. The van der Waals surface area contributed by atoms with E-state index in [1.165, 1.54) is 0 Å². The van der Waals surface area contributed by atoms with E-state index in [9.17, 15) is 0 Å². The first-order valence-corrected chi connectivity index (χ1v) is 17.5. The first-order chi connectivity index (χ1) is 26.7. The van der Waals surface area contributed by atoms with Crippen LogP contribution in [-0.4, -0.2) is 15.0 Å². The van der Waals surface area contributed by atoms with Crippen LogP contribution in [0, 0.1) is 6.57 Å². The highest BCUT2D eigenvalue weighted by atomic mass is 16.5. The van der Waals surface area contributed by atoms with Gasteiger partial charge in [0.1, 0.15) is 0 Å². The van der Waals surface area contributed by atoms with E-state index in [0.717, 1.165) is 73.8 Å². The van der Waals surface area contributed by atoms with Crippen molar-refractivity contribution in [3.05, 3.63) is 181 Å². The summed E-state index contributed by atoms with van der Waals surface area (Å²) in [6, 6.07) is 55.9. The van der Waals surface area contributed by atoms with Crippen molar-refractivity contribution in [3.63, 3.8) is 0 Å². The maximum Gasteiger partial charge on any atom is 0.187 e. The van der Waals surface area contributed by atoms with Crippen molar-refractivity contribution in [2.24, 2.45) is 0 Å². The van der Waals surface area contributed by atoms with Gasteiger partial charge in [0.25, 0.3) is 0 Å². The molecule has 254 valence electrons. The molecule has 8 nitrogen and oxygen atoms in total. The maximum atomic E-state index is 7.42. The third-order valence-corrected chi connectivity index (χ3v) is 9.52. The standard InChI is InChI=1S/C46H28N6O2/c1-47-33-24-18-30(19-25-33)44-48-45(31-20-26-34(27-21-31)51-36-10-2-6-14-40(36)53-41-15-7-3-11-37(41)51)50-46(49-44)32-22-28-35(29-23-32)52-38-12-4-8-16-42(38)54-43-17-9-5-13-39(43)52/h2-29H. The van der Waals surface area contributed by atoms with Crippen molar-refractivity contribution in [3.8, 4) is 57.2 Å². The number of nitrogens with zero attached hydrogens (tertiary/aromatic N) is 6. The number of benzene rings is 7. The Labute approximate surface area is 311 Å². The Morgan fingerprint density at radius 1 is 0.370 bits per heavy atom. The fourth-order valence-corrected chi connectivity index (χ4v) is 6.93. The van der Waals surface area contributed by atoms with Crippen molar-refractivity contribution in [1.82, 2.24) is 15.0 Å². The van der Waals surface area contributed by atoms with Crippen LogP contribution in [-0.2, 0) is 0 Å². The van der Waals surface area contributed by atoms with Crippen LogP contribution in [0.1, 0.15) is 0 Å². The van der Waals surface area contributed by atoms with E-state index in [0.29, 0.717) is 23.2 Å². The van der Waals surface area contributed by atoms with Gasteiger partial charge in [-0.05, 0) is 97.1 Å². The zero-order valence-corrected chi connectivity index (χ0v) is 28.7. The minimum Gasteiger partial charge on any atom is -0.453 e. The van der Waals surface area contributed by atoms with Crippen molar-refractivity contribution < 1.29 is 9.47 Å². The summed E-state index contributed by atoms with van der Waals surface area (Å²) in [6.45, 7) is 7.42. The molecule has 3 heterocycles. The molecule has 0 spiro atoms. The van der Waals surface area contributed by atoms with Gasteiger partial charge in [-0.25, -0.2) is 19.8 Å². The molecule has 54 heavy (non-hydrogen) atoms. The van der Waals surface area contributed by atoms with Crippen molar-refractivity contribution in [2.75, 3.05) is 9.80 Å². The summed E-state index contributed by atoms with van der Waals surface area (Å²) >= 11 is 0. The first kappa shape index (κ1) is 31.0. The summed E-state index contributed by atoms with van der Waals surface area (Å²) < 4.78 is 12.5. The lowest BCUT2D eigenvalue weighted by atomic mass is 10.1. The van der Waals surface area contributed by atoms with E-state index in [1.807, 2.05) is 109 Å². The van der Waals surface area contributed by atoms with Crippen LogP contribution in [0.15, 0.2) is 170 Å². The summed E-state index contributed by atoms with van der Waals surface area (Å²) in [5.41, 5.74) is 8.84. The quantitative estimate of drug-likeness (QED) is 0.166. The van der Waals surface area contributed by atoms with Gasteiger partial charge in [0.05, 0.1) is 29.3 Å². The molecule has 7 aromatic carbocycles. The fourth-order valence-electron chi connectivity index (χ4n) is 6.93. The largest absolute Gasteiger partial charge is 0.453 e. The molecule has 0 saturated heterocycles. The molecule has 2 aliphatic rings. The predicted octanol–water partition coefficient (Wildman–Crippen LogP) is 12.6. The molecule has 0 atom stereocenters. The zero-order chi connectivity index (χ0) is 36.0. The topological polar surface area (TPSA) is 68.0 Å². The Bertz CT molecular complexity index is 2490. The van der Waals surface area contributed by atoms with Gasteiger partial charge < -0.3 is 19.3 Å². The molecule has 0 N–H and O–H groups in total. The maximum absolute atomic E-state index is 7.42. The molecule has 0 aliphatic carbocycles. The van der Waals surface area contributed by atoms with Gasteiger partial charge in [0.15, 0.2) is 46.2 Å². The normalized spacial score (nSPS) is 12.3. The summed E-state index contributed by atoms with van der Waals surface area (Å²) in [5.74, 6) is 4.78. The molecule has 0 amide bonds. The second kappa shape index (κ2) is 12.8. The third kappa shape index (κ3) is 5.36. The average molecular weight is 697 g/mol. The minimum atomic E-state index is 0.520. The summed E-state index contributed by atoms with van der Waals surface area (Å²) in [5, 5.41) is 0. The molecule has 0 radical (unpaired) electrons. The van der Waals surface area contributed by atoms with Gasteiger partial charge in [0, 0.05) is 28.1 Å². The van der Waals surface area contributed by atoms with E-state index in [2.05, 4.69) is 63.2 Å². The Morgan fingerprint density at radius 3 is 0.981 bits per heavy atom. The SMILES string of the molecule is [C-]#[N+]c1ccc(-c2nc(-c3ccc(N4c5ccccc5Oc5ccccc54)cc3)nc(-c3ccc(N4c5ccccc5Oc5ccccc54)cc3)n2)cc1. The van der Waals surface area contributed by atoms with Gasteiger partial charge in [0.2, 0.25) is 0 Å². The molecule has 10 rings (SSSR count). The third-order valence-electron chi connectivity index (χ3n) is 9.52. The van der Waals surface area contributed by atoms with Crippen LogP contribution in [0.2, 0.25) is 0 Å². The van der Waals surface area contributed by atoms with Crippen LogP contribution in [0.3, 0.4) is 0 Å². The number of anilines is 6. The number of rotatable bonds is 5. The van der Waals surface area contributed by atoms with Crippen molar-refractivity contribution in [2.45, 2.75) is 0 Å². The van der Waals surface area contributed by atoms with Crippen LogP contribution >= 0.6 is 0 Å². The predicted molar refractivity (Wildman–Crippen MR) is 212 cm³/mol. The minimum absolute atomic E-state index is 0.520. The second-order valence-electron chi connectivity index (χ2n) is 12.8. The van der Waals surface area contributed by atoms with Crippen LogP contribution in [0.5, 0.6) is 23.0 Å². The summed E-state index contributed by atoms with van der Waals surface area (Å²) in [7, 11) is 0.